The first-order valence-corrected chi connectivity index (χ1v) is 7.60. The Kier molecular flexibility index (Phi) is 3.92. The van der Waals surface area contributed by atoms with Gasteiger partial charge in [0, 0.05) is 18.6 Å². The third-order valence-corrected chi connectivity index (χ3v) is 4.21. The molecule has 0 saturated heterocycles. The first-order valence-electron chi connectivity index (χ1n) is 7.60. The molecule has 1 fully saturated rings. The lowest BCUT2D eigenvalue weighted by Gasteiger charge is -2.21. The summed E-state index contributed by atoms with van der Waals surface area (Å²) in [6.07, 6.45) is 12.3. The summed E-state index contributed by atoms with van der Waals surface area (Å²) in [4.78, 5) is 0. The molecule has 0 bridgehead atoms. The van der Waals surface area contributed by atoms with Crippen molar-refractivity contribution in [2.45, 2.75) is 57.7 Å². The van der Waals surface area contributed by atoms with Gasteiger partial charge in [-0.1, -0.05) is 19.3 Å². The molecular formula is C16H23N3O. The molecule has 2 aromatic heterocycles. The molecule has 2 aromatic rings. The summed E-state index contributed by atoms with van der Waals surface area (Å²) in [6.45, 7) is 2.56. The van der Waals surface area contributed by atoms with E-state index in [0.717, 1.165) is 17.8 Å². The molecule has 1 N–H and O–H groups in total. The van der Waals surface area contributed by atoms with Gasteiger partial charge in [0.25, 0.3) is 0 Å². The molecule has 1 unspecified atom stereocenters. The molecule has 4 heteroatoms. The van der Waals surface area contributed by atoms with E-state index < -0.39 is 6.10 Å². The summed E-state index contributed by atoms with van der Waals surface area (Å²) in [5.74, 6) is 0. The fraction of sp³-hybridized carbons (Fsp3) is 0.562. The topological polar surface area (TPSA) is 43.0 Å². The number of aromatic nitrogens is 3. The van der Waals surface area contributed by atoms with Gasteiger partial charge >= 0.3 is 0 Å². The highest BCUT2D eigenvalue weighted by Crippen LogP contribution is 2.27. The molecule has 0 radical (unpaired) electrons. The molecule has 1 aliphatic rings. The van der Waals surface area contributed by atoms with Crippen LogP contribution in [0.3, 0.4) is 0 Å². The Morgan fingerprint density at radius 1 is 1.25 bits per heavy atom. The van der Waals surface area contributed by atoms with E-state index >= 15 is 0 Å². The van der Waals surface area contributed by atoms with Crippen molar-refractivity contribution >= 4 is 0 Å². The summed E-state index contributed by atoms with van der Waals surface area (Å²) in [5, 5.41) is 14.3. The standard InChI is InChI=1S/C16H23N3O/c1-13(20)14-7-9-18(11-14)12-15-8-10-19(17-15)16-5-3-2-4-6-16/h7-11,13,16,20H,2-6,12H2,1H3. The molecule has 20 heavy (non-hydrogen) atoms. The highest BCUT2D eigenvalue weighted by molar-refractivity contribution is 5.14. The maximum Gasteiger partial charge on any atom is 0.0821 e. The lowest BCUT2D eigenvalue weighted by atomic mass is 9.96. The van der Waals surface area contributed by atoms with E-state index in [1.807, 2.05) is 18.5 Å². The fourth-order valence-corrected chi connectivity index (χ4v) is 3.00. The van der Waals surface area contributed by atoms with E-state index in [4.69, 9.17) is 5.10 Å². The van der Waals surface area contributed by atoms with Crippen LogP contribution < -0.4 is 0 Å². The van der Waals surface area contributed by atoms with Gasteiger partial charge in [0.1, 0.15) is 0 Å². The van der Waals surface area contributed by atoms with Crippen LogP contribution in [-0.4, -0.2) is 19.5 Å². The minimum absolute atomic E-state index is 0.406. The largest absolute Gasteiger partial charge is 0.389 e. The van der Waals surface area contributed by atoms with Crippen LogP contribution in [0.25, 0.3) is 0 Å². The van der Waals surface area contributed by atoms with Crippen molar-refractivity contribution < 1.29 is 5.11 Å². The molecule has 1 atom stereocenters. The zero-order chi connectivity index (χ0) is 13.9. The van der Waals surface area contributed by atoms with Crippen molar-refractivity contribution in [1.82, 2.24) is 14.3 Å². The summed E-state index contributed by atoms with van der Waals surface area (Å²) in [7, 11) is 0. The molecular weight excluding hydrogens is 250 g/mol. The maximum atomic E-state index is 9.54. The molecule has 3 rings (SSSR count). The zero-order valence-electron chi connectivity index (χ0n) is 12.1. The Bertz CT molecular complexity index is 550. The smallest absolute Gasteiger partial charge is 0.0821 e. The molecule has 1 aliphatic carbocycles. The van der Waals surface area contributed by atoms with Gasteiger partial charge < -0.3 is 9.67 Å². The SMILES string of the molecule is CC(O)c1ccn(Cc2ccn(C3CCCCC3)n2)c1. The number of aliphatic hydroxyl groups is 1. The molecule has 2 heterocycles. The third-order valence-electron chi connectivity index (χ3n) is 4.21. The number of rotatable bonds is 4. The van der Waals surface area contributed by atoms with Gasteiger partial charge in [0.15, 0.2) is 0 Å². The summed E-state index contributed by atoms with van der Waals surface area (Å²) in [6, 6.07) is 4.66. The first-order chi connectivity index (χ1) is 9.72. The van der Waals surface area contributed by atoms with Crippen LogP contribution in [0.2, 0.25) is 0 Å². The molecule has 4 nitrogen and oxygen atoms in total. The third kappa shape index (κ3) is 2.96. The van der Waals surface area contributed by atoms with Crippen molar-refractivity contribution in [2.24, 2.45) is 0 Å². The van der Waals surface area contributed by atoms with Crippen LogP contribution in [-0.2, 0) is 6.54 Å². The van der Waals surface area contributed by atoms with E-state index in [1.165, 1.54) is 32.1 Å². The monoisotopic (exact) mass is 273 g/mol. The van der Waals surface area contributed by atoms with E-state index in [9.17, 15) is 5.11 Å². The van der Waals surface area contributed by atoms with Crippen LogP contribution in [0.15, 0.2) is 30.7 Å². The molecule has 0 amide bonds. The Balaban J connectivity index is 1.66. The second-order valence-corrected chi connectivity index (χ2v) is 5.87. The Morgan fingerprint density at radius 2 is 2.05 bits per heavy atom. The number of hydrogen-bond donors (Lipinski definition) is 1. The summed E-state index contributed by atoms with van der Waals surface area (Å²) >= 11 is 0. The fourth-order valence-electron chi connectivity index (χ4n) is 3.00. The van der Waals surface area contributed by atoms with Gasteiger partial charge in [-0.3, -0.25) is 4.68 Å². The van der Waals surface area contributed by atoms with E-state index in [-0.39, 0.29) is 0 Å². The van der Waals surface area contributed by atoms with Gasteiger partial charge in [-0.2, -0.15) is 5.10 Å². The van der Waals surface area contributed by atoms with E-state index in [0.29, 0.717) is 6.04 Å². The lowest BCUT2D eigenvalue weighted by molar-refractivity contribution is 0.199. The van der Waals surface area contributed by atoms with Crippen molar-refractivity contribution in [3.05, 3.63) is 42.0 Å². The average Bonchev–Trinajstić information content (AvgIpc) is 3.10. The van der Waals surface area contributed by atoms with Gasteiger partial charge in [-0.05, 0) is 37.5 Å². The first kappa shape index (κ1) is 13.4. The Morgan fingerprint density at radius 3 is 2.75 bits per heavy atom. The van der Waals surface area contributed by atoms with Gasteiger partial charge in [0.05, 0.1) is 24.4 Å². The molecule has 0 spiro atoms. The van der Waals surface area contributed by atoms with Crippen LogP contribution in [0.5, 0.6) is 0 Å². The van der Waals surface area contributed by atoms with Gasteiger partial charge in [-0.25, -0.2) is 0 Å². The second kappa shape index (κ2) is 5.83. The number of aliphatic hydroxyl groups excluding tert-OH is 1. The number of hydrogen-bond acceptors (Lipinski definition) is 2. The second-order valence-electron chi connectivity index (χ2n) is 5.87. The predicted octanol–water partition coefficient (Wildman–Crippen LogP) is 3.29. The van der Waals surface area contributed by atoms with Crippen molar-refractivity contribution in [2.75, 3.05) is 0 Å². The van der Waals surface area contributed by atoms with Crippen LogP contribution in [0, 0.1) is 0 Å². The Labute approximate surface area is 120 Å². The van der Waals surface area contributed by atoms with Crippen molar-refractivity contribution in [3.63, 3.8) is 0 Å². The highest BCUT2D eigenvalue weighted by atomic mass is 16.3. The van der Waals surface area contributed by atoms with Gasteiger partial charge in [-0.15, -0.1) is 0 Å². The van der Waals surface area contributed by atoms with E-state index in [1.54, 1.807) is 6.92 Å². The van der Waals surface area contributed by atoms with Crippen LogP contribution in [0.1, 0.15) is 62.4 Å². The molecule has 0 aliphatic heterocycles. The molecule has 1 saturated carbocycles. The molecule has 108 valence electrons. The molecule has 0 aromatic carbocycles. The van der Waals surface area contributed by atoms with Crippen molar-refractivity contribution in [3.8, 4) is 0 Å². The van der Waals surface area contributed by atoms with Gasteiger partial charge in [0.2, 0.25) is 0 Å². The lowest BCUT2D eigenvalue weighted by Crippen LogP contribution is -2.13. The minimum atomic E-state index is -0.406. The van der Waals surface area contributed by atoms with Crippen molar-refractivity contribution in [1.29, 1.82) is 0 Å². The highest BCUT2D eigenvalue weighted by Gasteiger charge is 2.16. The van der Waals surface area contributed by atoms with Crippen LogP contribution in [0.4, 0.5) is 0 Å². The van der Waals surface area contributed by atoms with E-state index in [2.05, 4.69) is 21.5 Å². The normalized spacial score (nSPS) is 18.3. The summed E-state index contributed by atoms with van der Waals surface area (Å²) in [5.41, 5.74) is 2.04. The summed E-state index contributed by atoms with van der Waals surface area (Å²) < 4.78 is 4.23. The van der Waals surface area contributed by atoms with Crippen LogP contribution >= 0.6 is 0 Å². The minimum Gasteiger partial charge on any atom is -0.389 e. The Hall–Kier alpha value is -1.55. The maximum absolute atomic E-state index is 9.54. The quantitative estimate of drug-likeness (QED) is 0.929. The predicted molar refractivity (Wildman–Crippen MR) is 78.5 cm³/mol. The average molecular weight is 273 g/mol. The number of nitrogens with zero attached hydrogens (tertiary/aromatic N) is 3. The zero-order valence-corrected chi connectivity index (χ0v) is 12.1.